The van der Waals surface area contributed by atoms with Crippen molar-refractivity contribution >= 4 is 16.4 Å². The minimum Gasteiger partial charge on any atom is -0.258 e. The van der Waals surface area contributed by atoms with Crippen molar-refractivity contribution in [2.75, 3.05) is 0 Å². The predicted molar refractivity (Wildman–Crippen MR) is 131 cm³/mol. The molecule has 0 radical (unpaired) electrons. The normalized spacial score (nSPS) is 13.3. The van der Waals surface area contributed by atoms with Gasteiger partial charge in [0.05, 0.1) is 0 Å². The molecular formula is H4O103P2. The van der Waals surface area contributed by atoms with Crippen molar-refractivity contribution in [3.05, 3.63) is 0 Å². The van der Waals surface area contributed by atoms with Gasteiger partial charge in [0.1, 0.15) is 0 Å². The van der Waals surface area contributed by atoms with E-state index in [4.69, 9.17) is 13.1 Å². The number of rotatable bonds is 100. The zero-order chi connectivity index (χ0) is 77.0. The summed E-state index contributed by atoms with van der Waals surface area (Å²) < 4.78 is 51.1. The lowest BCUT2D eigenvalue weighted by molar-refractivity contribution is -0.910. The molecule has 0 aliphatic rings. The van der Waals surface area contributed by atoms with Gasteiger partial charge in [-0.05, 0) is 242 Å². The zero-order valence-electron chi connectivity index (χ0n) is 45.0. The van der Waals surface area contributed by atoms with Crippen LogP contribution in [0, 0.1) is 0 Å². The van der Waals surface area contributed by atoms with Gasteiger partial charge in [0.2, 0.25) is 0 Å². The highest BCUT2D eigenvalue weighted by Crippen LogP contribution is 2.25. The van der Waals surface area contributed by atoms with Gasteiger partial charge in [0, 0.05) is 237 Å². The van der Waals surface area contributed by atoms with E-state index in [-0.39, 0.29) is 0 Å². The van der Waals surface area contributed by atoms with Crippen LogP contribution in [-0.2, 0) is 506 Å². The summed E-state index contributed by atoms with van der Waals surface area (Å²) in [5.74, 6) is 0. The Bertz CT molecular complexity index is 1660. The van der Waals surface area contributed by atoms with Gasteiger partial charge in [-0.3, -0.25) is 9.13 Å². The standard InChI is InChI=1S/H4O103P2/c1-5-7-9-11-13-15-17-19-21-23-25-27-29-30-31-32-33-34-35-36-37-38-39-40-41-42-43-44-45-46-47-48-49-50-51-52-53-54-57-61-65-69-73-77-81-85-89-93-97-101-105(4)103-99-95-91-87-83-79-75-71-67-63-59-55-58-62-66-70-74-78-82-86-90-94-98-102-104(3)100-96-92-88-84-80-76-72-68-64-60-56-28-26-24-22-20-18-16-14-12-10-8-6-2/h1-2,104-105H/i104T,105T. The zero-order valence-corrected chi connectivity index (χ0v) is 44.8. The highest BCUT2D eigenvalue weighted by atomic mass is 31.1. The summed E-state index contributed by atoms with van der Waals surface area (Å²) in [4.78, 5) is 0. The Labute approximate surface area is 538 Å². The molecule has 2 N–H and O–H groups in total. The van der Waals surface area contributed by atoms with Crippen LogP contribution in [0.25, 0.3) is 0 Å². The smallest absolute Gasteiger partial charge is 0.258 e. The molecule has 0 aromatic rings. The van der Waals surface area contributed by atoms with Gasteiger partial charge in [-0.15, -0.1) is 18.7 Å². The minimum atomic E-state index is -5.18. The van der Waals surface area contributed by atoms with Gasteiger partial charge < -0.3 is 0 Å². The molecule has 632 valence electrons. The lowest BCUT2D eigenvalue weighted by Crippen LogP contribution is -2.06. The van der Waals surface area contributed by atoms with E-state index in [2.05, 4.69) is 497 Å². The van der Waals surface area contributed by atoms with E-state index in [0.717, 1.165) is 0 Å². The molecule has 0 aromatic carbocycles. The van der Waals surface area contributed by atoms with E-state index >= 15 is 0 Å². The minimum absolute atomic E-state index is 2.87. The summed E-state index contributed by atoms with van der Waals surface area (Å²) in [6, 6.07) is 0. The van der Waals surface area contributed by atoms with E-state index in [9.17, 15) is 9.13 Å². The molecular weight excluding hydrogens is 1710 g/mol. The van der Waals surface area contributed by atoms with Crippen molar-refractivity contribution in [3.8, 4) is 0 Å². The second kappa shape index (κ2) is 96.5. The van der Waals surface area contributed by atoms with Crippen molar-refractivity contribution in [2.24, 2.45) is 0 Å². The van der Waals surface area contributed by atoms with Crippen molar-refractivity contribution in [2.45, 2.75) is 0 Å². The maximum absolute atomic E-state index is 11.4. The van der Waals surface area contributed by atoms with E-state index in [0.29, 0.717) is 0 Å². The molecule has 0 aromatic heterocycles. The van der Waals surface area contributed by atoms with Crippen molar-refractivity contribution in [3.63, 3.8) is 0 Å². The van der Waals surface area contributed by atoms with Crippen LogP contribution in [0.3, 0.4) is 0 Å². The molecule has 103 nitrogen and oxygen atoms in total. The Morgan fingerprint density at radius 2 is 0.171 bits per heavy atom. The highest BCUT2D eigenvalue weighted by Gasteiger charge is 2.12. The average Bonchev–Trinajstić information content (AvgIpc) is 0.965. The molecule has 105 heteroatoms. The van der Waals surface area contributed by atoms with Gasteiger partial charge in [-0.1, -0.05) is 0 Å². The monoisotopic (exact) mass is 1720 g/mol. The first-order chi connectivity index (χ1) is 52.8. The van der Waals surface area contributed by atoms with Gasteiger partial charge in [-0.25, -0.2) is 10.5 Å². The Morgan fingerprint density at radius 1 is 0.114 bits per heavy atom. The molecule has 0 aliphatic carbocycles. The first kappa shape index (κ1) is 97.5. The largest absolute Gasteiger partial charge is 0.380 e. The van der Waals surface area contributed by atoms with Crippen LogP contribution in [0.1, 0.15) is 0 Å². The van der Waals surface area contributed by atoms with Crippen LogP contribution in [-0.4, -0.2) is 13.1 Å². The van der Waals surface area contributed by atoms with Crippen LogP contribution in [0.5, 0.6) is 0 Å². The topological polar surface area (TPSA) is 988 Å². The lowest BCUT2D eigenvalue weighted by Gasteiger charge is -2.01. The summed E-state index contributed by atoms with van der Waals surface area (Å²) in [7, 11) is -10.3. The van der Waals surface area contributed by atoms with Gasteiger partial charge in [-0.2, -0.15) is 0 Å². The van der Waals surface area contributed by atoms with Crippen molar-refractivity contribution < 1.29 is 517 Å². The first-order valence-corrected chi connectivity index (χ1v) is 19.7. The maximum atomic E-state index is 11.4. The Kier molecular flexibility index (Phi) is 89.6. The molecule has 0 saturated heterocycles. The summed E-state index contributed by atoms with van der Waals surface area (Å²) in [5.41, 5.74) is 0. The summed E-state index contributed by atoms with van der Waals surface area (Å²) >= 11 is 0. The predicted octanol–water partition coefficient (Wildman–Crippen LogP) is -5.80. The van der Waals surface area contributed by atoms with Crippen molar-refractivity contribution in [1.29, 1.82) is 2.56 Å². The van der Waals surface area contributed by atoms with Gasteiger partial charge in [0.15, 0.2) is 2.56 Å². The van der Waals surface area contributed by atoms with Crippen molar-refractivity contribution in [1.82, 2.24) is 0 Å². The molecule has 0 heterocycles. The Hall–Kier alpha value is -3.58. The van der Waals surface area contributed by atoms with Crippen LogP contribution < -0.4 is 0 Å². The third kappa shape index (κ3) is 96.5. The number of hydrogen-bond donors (Lipinski definition) is 2. The first-order valence-electron chi connectivity index (χ1n) is 18.4. The summed E-state index contributed by atoms with van der Waals surface area (Å²) in [5, 5.41) is 343. The van der Waals surface area contributed by atoms with E-state index in [1.54, 1.807) is 0 Å². The van der Waals surface area contributed by atoms with Crippen LogP contribution in [0.2, 0.25) is 0 Å². The van der Waals surface area contributed by atoms with E-state index in [1.165, 1.54) is 0 Å². The van der Waals surface area contributed by atoms with E-state index in [1.807, 2.05) is 0 Å². The average molecular weight is 1720 g/mol. The summed E-state index contributed by atoms with van der Waals surface area (Å²) in [6.07, 6.45) is 0. The third-order valence-electron chi connectivity index (χ3n) is 2.93. The van der Waals surface area contributed by atoms with Gasteiger partial charge in [0.25, 0.3) is 0 Å². The second-order valence-electron chi connectivity index (χ2n) is 7.22. The van der Waals surface area contributed by atoms with Crippen LogP contribution in [0.4, 0.5) is 0 Å². The lowest BCUT2D eigenvalue weighted by atomic mass is 14.0. The fourth-order valence-corrected chi connectivity index (χ4v) is 1.53. The van der Waals surface area contributed by atoms with Crippen LogP contribution in [0.15, 0.2) is 0 Å². The molecule has 0 amide bonds. The number of hydrogen-bond acceptors (Lipinski definition) is 103. The van der Waals surface area contributed by atoms with Crippen LogP contribution >= 0.6 is 16.4 Å². The summed E-state index contributed by atoms with van der Waals surface area (Å²) in [6.45, 7) is 0. The quantitative estimate of drug-likeness (QED) is 0.0248. The molecule has 105 heavy (non-hydrogen) atoms. The fraction of sp³-hybridized carbons (Fsp3) is 0. The third-order valence-corrected chi connectivity index (χ3v) is 3.66. The highest BCUT2D eigenvalue weighted by molar-refractivity contribution is 7.33. The molecule has 2 atom stereocenters. The second-order valence-corrected chi connectivity index (χ2v) is 8.71. The Morgan fingerprint density at radius 3 is 0.238 bits per heavy atom. The fourth-order valence-electron chi connectivity index (χ4n) is 1.19. The molecule has 0 fully saturated rings. The molecule has 2 unspecified atom stereocenters. The van der Waals surface area contributed by atoms with E-state index < -0.39 is 16.4 Å². The maximum Gasteiger partial charge on any atom is 0.380 e. The molecule has 0 rings (SSSR count). The Balaban J connectivity index is 3.25. The molecule has 0 bridgehead atoms. The molecule has 0 saturated carbocycles. The SMILES string of the molecule is [3H]P(=O)(OOOOOOOOOOOOOOOOOOOOOOOOO)OOOOOOOOOOOOOOOOOOOOOOOOOP([3H])(=O)OOOOOOOOOOOOOOOOOOOOOOOOOOOOOOOOOOOOOOOOOOOOOOOOOOO. The molecule has 0 spiro atoms. The van der Waals surface area contributed by atoms with Gasteiger partial charge >= 0.3 is 16.4 Å². The molecule has 0 aliphatic heterocycles.